The lowest BCUT2D eigenvalue weighted by molar-refractivity contribution is -0.138. The summed E-state index contributed by atoms with van der Waals surface area (Å²) in [4.78, 5) is 37.9. The Morgan fingerprint density at radius 2 is 1.85 bits per heavy atom. The van der Waals surface area contributed by atoms with Crippen molar-refractivity contribution in [1.82, 2.24) is 14.9 Å². The molecule has 3 aromatic rings. The number of carbonyl (C=O) groups excluding carboxylic acids is 2. The Morgan fingerprint density at radius 3 is 2.54 bits per heavy atom. The van der Waals surface area contributed by atoms with Gasteiger partial charge in [0.05, 0.1) is 24.5 Å². The van der Waals surface area contributed by atoms with Crippen LogP contribution in [-0.2, 0) is 22.3 Å². The van der Waals surface area contributed by atoms with Crippen LogP contribution in [0.1, 0.15) is 16.7 Å². The van der Waals surface area contributed by atoms with Crippen LogP contribution >= 0.6 is 0 Å². The topological polar surface area (TPSA) is 114 Å². The van der Waals surface area contributed by atoms with Gasteiger partial charge in [-0.3, -0.25) is 14.6 Å². The summed E-state index contributed by atoms with van der Waals surface area (Å²) in [5, 5.41) is 0. The first-order valence-corrected chi connectivity index (χ1v) is 12.1. The zero-order valence-corrected chi connectivity index (χ0v) is 20.9. The van der Waals surface area contributed by atoms with E-state index in [1.165, 1.54) is 30.5 Å². The summed E-state index contributed by atoms with van der Waals surface area (Å²) in [5.74, 6) is 0.0750. The molecule has 13 heteroatoms. The van der Waals surface area contributed by atoms with Crippen LogP contribution in [0.25, 0.3) is 0 Å². The van der Waals surface area contributed by atoms with Crippen molar-refractivity contribution in [2.75, 3.05) is 48.4 Å². The molecule has 1 aromatic heterocycles. The first-order valence-electron chi connectivity index (χ1n) is 12.1. The molecule has 0 spiro atoms. The summed E-state index contributed by atoms with van der Waals surface area (Å²) in [6.45, 7) is 3.38. The molecule has 2 N–H and O–H groups in total. The van der Waals surface area contributed by atoms with E-state index in [4.69, 9.17) is 15.2 Å². The molecule has 5 rings (SSSR count). The number of ether oxygens (including phenoxy) is 2. The minimum Gasteiger partial charge on any atom is -0.439 e. The number of amides is 3. The van der Waals surface area contributed by atoms with E-state index in [0.29, 0.717) is 43.3 Å². The van der Waals surface area contributed by atoms with Gasteiger partial charge in [-0.2, -0.15) is 18.2 Å². The van der Waals surface area contributed by atoms with E-state index in [2.05, 4.69) is 9.97 Å². The van der Waals surface area contributed by atoms with Gasteiger partial charge in [-0.25, -0.2) is 14.7 Å². The molecule has 0 radical (unpaired) electrons. The van der Waals surface area contributed by atoms with Gasteiger partial charge in [-0.05, 0) is 48.4 Å². The smallest absolute Gasteiger partial charge is 0.416 e. The van der Waals surface area contributed by atoms with E-state index < -0.39 is 30.2 Å². The fourth-order valence-corrected chi connectivity index (χ4v) is 4.55. The number of nitrogen functional groups attached to an aromatic ring is 1. The van der Waals surface area contributed by atoms with Gasteiger partial charge in [-0.1, -0.05) is 6.07 Å². The Hall–Kier alpha value is -4.23. The monoisotopic (exact) mass is 542 g/mol. The summed E-state index contributed by atoms with van der Waals surface area (Å²) < 4.78 is 53.0. The van der Waals surface area contributed by atoms with Crippen molar-refractivity contribution < 1.29 is 32.2 Å². The molecule has 0 saturated carbocycles. The van der Waals surface area contributed by atoms with E-state index in [9.17, 15) is 22.8 Å². The van der Waals surface area contributed by atoms with Crippen LogP contribution in [0.3, 0.4) is 0 Å². The number of benzene rings is 2. The number of morpholine rings is 1. The predicted molar refractivity (Wildman–Crippen MR) is 135 cm³/mol. The maximum absolute atomic E-state index is 14.0. The molecule has 0 atom stereocenters. The van der Waals surface area contributed by atoms with Gasteiger partial charge in [0.1, 0.15) is 12.3 Å². The van der Waals surface area contributed by atoms with Gasteiger partial charge in [0, 0.05) is 37.6 Å². The highest BCUT2D eigenvalue weighted by Crippen LogP contribution is 2.37. The molecule has 2 aliphatic rings. The zero-order valence-electron chi connectivity index (χ0n) is 20.9. The van der Waals surface area contributed by atoms with Crippen LogP contribution in [0.2, 0.25) is 0 Å². The number of aryl methyl sites for hydroxylation is 1. The maximum atomic E-state index is 14.0. The number of aromatic nitrogens is 2. The molecule has 2 saturated heterocycles. The lowest BCUT2D eigenvalue weighted by atomic mass is 10.0. The molecular weight excluding hydrogens is 517 g/mol. The first kappa shape index (κ1) is 26.4. The highest BCUT2D eigenvalue weighted by Gasteiger charge is 2.40. The van der Waals surface area contributed by atoms with Crippen molar-refractivity contribution in [3.05, 3.63) is 65.4 Å². The second kappa shape index (κ2) is 10.5. The van der Waals surface area contributed by atoms with Crippen molar-refractivity contribution >= 4 is 29.3 Å². The Morgan fingerprint density at radius 1 is 1.08 bits per heavy atom. The normalized spacial score (nSPS) is 16.7. The summed E-state index contributed by atoms with van der Waals surface area (Å²) in [5.41, 5.74) is 5.65. The molecule has 39 heavy (non-hydrogen) atoms. The van der Waals surface area contributed by atoms with Gasteiger partial charge >= 0.3 is 12.2 Å². The largest absolute Gasteiger partial charge is 0.439 e. The van der Waals surface area contributed by atoms with Crippen LogP contribution in [0.4, 0.5) is 35.3 Å². The van der Waals surface area contributed by atoms with E-state index in [0.717, 1.165) is 15.9 Å². The molecule has 2 fully saturated rings. The highest BCUT2D eigenvalue weighted by molar-refractivity contribution is 6.27. The van der Waals surface area contributed by atoms with E-state index >= 15 is 0 Å². The Labute approximate surface area is 221 Å². The standard InChI is InChI=1S/C26H25F3N6O4/c1-16-12-19(39-22-6-7-31-24(30)32-22)4-5-21(16)35-23(36)15-34(25(35)37)18-3-2-17(20(13-18)26(27,28)29)14-33-8-10-38-11-9-33/h2-7,12-13H,8-11,14-15H2,1H3,(H2,30,31,32). The molecule has 2 aromatic carbocycles. The molecule has 3 amide bonds. The minimum absolute atomic E-state index is 0.00661. The van der Waals surface area contributed by atoms with Gasteiger partial charge < -0.3 is 15.2 Å². The van der Waals surface area contributed by atoms with Crippen molar-refractivity contribution in [1.29, 1.82) is 0 Å². The first-order chi connectivity index (χ1) is 18.6. The SMILES string of the molecule is Cc1cc(Oc2ccnc(N)n2)ccc1N1C(=O)CN(c2ccc(CN3CCOCC3)c(C(F)(F)F)c2)C1=O. The zero-order chi connectivity index (χ0) is 27.7. The number of anilines is 3. The molecule has 10 nitrogen and oxygen atoms in total. The van der Waals surface area contributed by atoms with Crippen molar-refractivity contribution in [2.24, 2.45) is 0 Å². The molecular formula is C26H25F3N6O4. The van der Waals surface area contributed by atoms with Crippen molar-refractivity contribution in [3.63, 3.8) is 0 Å². The van der Waals surface area contributed by atoms with Gasteiger partial charge in [0.2, 0.25) is 11.8 Å². The van der Waals surface area contributed by atoms with Crippen LogP contribution in [0, 0.1) is 6.92 Å². The van der Waals surface area contributed by atoms with Gasteiger partial charge in [0.25, 0.3) is 5.91 Å². The quantitative estimate of drug-likeness (QED) is 0.466. The van der Waals surface area contributed by atoms with E-state index in [-0.39, 0.29) is 29.6 Å². The van der Waals surface area contributed by atoms with Crippen LogP contribution in [0.5, 0.6) is 11.6 Å². The minimum atomic E-state index is -4.63. The third-order valence-corrected chi connectivity index (χ3v) is 6.45. The maximum Gasteiger partial charge on any atom is 0.416 e. The Kier molecular flexibility index (Phi) is 7.10. The fourth-order valence-electron chi connectivity index (χ4n) is 4.55. The van der Waals surface area contributed by atoms with E-state index in [1.807, 2.05) is 4.90 Å². The third kappa shape index (κ3) is 5.64. The number of urea groups is 1. The number of nitrogens with zero attached hydrogens (tertiary/aromatic N) is 5. The lowest BCUT2D eigenvalue weighted by Crippen LogP contribution is -2.36. The van der Waals surface area contributed by atoms with Crippen LogP contribution in [-0.4, -0.2) is 59.7 Å². The second-order valence-corrected chi connectivity index (χ2v) is 9.13. The Balaban J connectivity index is 1.38. The predicted octanol–water partition coefficient (Wildman–Crippen LogP) is 3.98. The van der Waals surface area contributed by atoms with Crippen LogP contribution < -0.4 is 20.3 Å². The average molecular weight is 543 g/mol. The number of carbonyl (C=O) groups is 2. The number of hydrogen-bond donors (Lipinski definition) is 1. The number of rotatable bonds is 6. The van der Waals surface area contributed by atoms with Crippen molar-refractivity contribution in [3.8, 4) is 11.6 Å². The molecule has 204 valence electrons. The van der Waals surface area contributed by atoms with Gasteiger partial charge in [-0.15, -0.1) is 0 Å². The van der Waals surface area contributed by atoms with Crippen LogP contribution in [0.15, 0.2) is 48.7 Å². The molecule has 0 aliphatic carbocycles. The summed E-state index contributed by atoms with van der Waals surface area (Å²) in [6.07, 6.45) is -3.20. The average Bonchev–Trinajstić information content (AvgIpc) is 3.18. The fraction of sp³-hybridized carbons (Fsp3) is 0.308. The lowest BCUT2D eigenvalue weighted by Gasteiger charge is -2.28. The number of halogens is 3. The summed E-state index contributed by atoms with van der Waals surface area (Å²) in [7, 11) is 0. The Bertz CT molecular complexity index is 1410. The number of alkyl halides is 3. The second-order valence-electron chi connectivity index (χ2n) is 9.13. The van der Waals surface area contributed by atoms with Crippen molar-refractivity contribution in [2.45, 2.75) is 19.6 Å². The molecule has 0 unspecified atom stereocenters. The number of hydrogen-bond acceptors (Lipinski definition) is 8. The molecule has 2 aliphatic heterocycles. The van der Waals surface area contributed by atoms with E-state index in [1.54, 1.807) is 19.1 Å². The summed E-state index contributed by atoms with van der Waals surface area (Å²) in [6, 6.07) is 9.21. The highest BCUT2D eigenvalue weighted by atomic mass is 19.4. The molecule has 3 heterocycles. The number of imide groups is 1. The van der Waals surface area contributed by atoms with Gasteiger partial charge in [0.15, 0.2) is 0 Å². The number of nitrogens with two attached hydrogens (primary N) is 1. The summed E-state index contributed by atoms with van der Waals surface area (Å²) >= 11 is 0. The third-order valence-electron chi connectivity index (χ3n) is 6.45. The molecule has 0 bridgehead atoms.